The molecule has 0 saturated carbocycles. The van der Waals surface area contributed by atoms with Gasteiger partial charge in [-0.3, -0.25) is 0 Å². The van der Waals surface area contributed by atoms with Crippen LogP contribution in [0.3, 0.4) is 0 Å². The Hall–Kier alpha value is -0.130. The number of nitrogens with zero attached hydrogens (tertiary/aromatic N) is 1. The van der Waals surface area contributed by atoms with Crippen LogP contribution >= 0.6 is 27.5 Å². The van der Waals surface area contributed by atoms with Crippen molar-refractivity contribution in [1.29, 1.82) is 0 Å². The topological polar surface area (TPSA) is 43.7 Å². The molecule has 0 aliphatic carbocycles. The van der Waals surface area contributed by atoms with Gasteiger partial charge < -0.3 is 15.1 Å². The molecule has 3 nitrogen and oxygen atoms in total. The van der Waals surface area contributed by atoms with E-state index in [1.807, 2.05) is 19.1 Å². The van der Waals surface area contributed by atoms with Gasteiger partial charge >= 0.3 is 0 Å². The fraction of sp³-hybridized carbons (Fsp3) is 0.538. The normalized spacial score (nSPS) is 13.0. The van der Waals surface area contributed by atoms with E-state index in [4.69, 9.17) is 16.7 Å². The molecule has 102 valence electrons. The smallest absolute Gasteiger partial charge is 0.0816 e. The first-order chi connectivity index (χ1) is 8.58. The van der Waals surface area contributed by atoms with E-state index in [2.05, 4.69) is 20.8 Å². The van der Waals surface area contributed by atoms with Crippen molar-refractivity contribution in [2.45, 2.75) is 19.4 Å². The molecule has 5 heteroatoms. The summed E-state index contributed by atoms with van der Waals surface area (Å²) in [6, 6.07) is 5.49. The zero-order valence-corrected chi connectivity index (χ0v) is 12.8. The summed E-state index contributed by atoms with van der Waals surface area (Å²) in [6.45, 7) is 4.42. The van der Waals surface area contributed by atoms with Gasteiger partial charge in [0.25, 0.3) is 0 Å². The van der Waals surface area contributed by atoms with Crippen molar-refractivity contribution in [2.75, 3.05) is 26.2 Å². The Kier molecular flexibility index (Phi) is 7.19. The van der Waals surface area contributed by atoms with Gasteiger partial charge in [0.1, 0.15) is 0 Å². The molecule has 18 heavy (non-hydrogen) atoms. The van der Waals surface area contributed by atoms with E-state index in [0.717, 1.165) is 23.1 Å². The van der Waals surface area contributed by atoms with Crippen LogP contribution in [0.1, 0.15) is 25.0 Å². The molecular formula is C13H19BrClNO2. The number of likely N-dealkylation sites (N-methyl/N-ethyl adjacent to an activating group) is 1. The molecule has 1 aromatic rings. The number of hydrogen-bond donors (Lipinski definition) is 2. The highest BCUT2D eigenvalue weighted by Crippen LogP contribution is 2.28. The molecule has 0 saturated heterocycles. The number of halogens is 2. The minimum atomic E-state index is -0.571. The van der Waals surface area contributed by atoms with Crippen LogP contribution in [0.2, 0.25) is 5.02 Å². The van der Waals surface area contributed by atoms with Gasteiger partial charge in [-0.15, -0.1) is 0 Å². The molecule has 1 aromatic carbocycles. The Labute approximate surface area is 122 Å². The zero-order chi connectivity index (χ0) is 13.5. The third-order valence-corrected chi connectivity index (χ3v) is 3.72. The summed E-state index contributed by atoms with van der Waals surface area (Å²) in [5.41, 5.74) is 0.750. The standard InChI is InChI=1S/C13H19BrClNO2/c1-2-16(7-8-17)6-5-13(18)11-4-3-10(14)9-12(11)15/h3-4,9,13,17-18H,2,5-8H2,1H3. The maximum atomic E-state index is 10.1. The largest absolute Gasteiger partial charge is 0.395 e. The highest BCUT2D eigenvalue weighted by atomic mass is 79.9. The van der Waals surface area contributed by atoms with E-state index in [9.17, 15) is 5.11 Å². The first-order valence-corrected chi connectivity index (χ1v) is 7.21. The SMILES string of the molecule is CCN(CCO)CCC(O)c1ccc(Br)cc1Cl. The van der Waals surface area contributed by atoms with Gasteiger partial charge in [0.05, 0.1) is 12.7 Å². The second kappa shape index (κ2) is 8.12. The molecule has 0 aliphatic heterocycles. The summed E-state index contributed by atoms with van der Waals surface area (Å²) in [5, 5.41) is 19.6. The van der Waals surface area contributed by atoms with E-state index in [0.29, 0.717) is 18.0 Å². The summed E-state index contributed by atoms with van der Waals surface area (Å²) in [4.78, 5) is 2.09. The van der Waals surface area contributed by atoms with Crippen LogP contribution in [-0.4, -0.2) is 41.4 Å². The van der Waals surface area contributed by atoms with Crippen molar-refractivity contribution < 1.29 is 10.2 Å². The lowest BCUT2D eigenvalue weighted by atomic mass is 10.1. The number of rotatable bonds is 7. The lowest BCUT2D eigenvalue weighted by Gasteiger charge is -2.21. The minimum absolute atomic E-state index is 0.142. The van der Waals surface area contributed by atoms with Gasteiger partial charge in [-0.2, -0.15) is 0 Å². The van der Waals surface area contributed by atoms with Crippen LogP contribution in [0, 0.1) is 0 Å². The molecule has 0 fully saturated rings. The second-order valence-corrected chi connectivity index (χ2v) is 5.45. The molecule has 1 unspecified atom stereocenters. The average Bonchev–Trinajstić information content (AvgIpc) is 2.34. The van der Waals surface area contributed by atoms with Gasteiger partial charge in [-0.05, 0) is 30.7 Å². The third kappa shape index (κ3) is 4.86. The molecule has 0 heterocycles. The molecule has 0 radical (unpaired) electrons. The van der Waals surface area contributed by atoms with Crippen molar-refractivity contribution >= 4 is 27.5 Å². The van der Waals surface area contributed by atoms with Gasteiger partial charge in [0, 0.05) is 22.6 Å². The maximum Gasteiger partial charge on any atom is 0.0816 e. The van der Waals surface area contributed by atoms with Crippen molar-refractivity contribution in [3.63, 3.8) is 0 Å². The number of hydrogen-bond acceptors (Lipinski definition) is 3. The van der Waals surface area contributed by atoms with Crippen molar-refractivity contribution in [2.24, 2.45) is 0 Å². The van der Waals surface area contributed by atoms with E-state index in [-0.39, 0.29) is 6.61 Å². The molecule has 0 spiro atoms. The molecule has 2 N–H and O–H groups in total. The Morgan fingerprint density at radius 2 is 2.11 bits per heavy atom. The molecule has 0 bridgehead atoms. The monoisotopic (exact) mass is 335 g/mol. The Morgan fingerprint density at radius 1 is 1.39 bits per heavy atom. The highest BCUT2D eigenvalue weighted by molar-refractivity contribution is 9.10. The van der Waals surface area contributed by atoms with Crippen LogP contribution in [0.25, 0.3) is 0 Å². The van der Waals surface area contributed by atoms with Crippen molar-refractivity contribution in [1.82, 2.24) is 4.90 Å². The van der Waals surface area contributed by atoms with E-state index >= 15 is 0 Å². The van der Waals surface area contributed by atoms with E-state index in [1.54, 1.807) is 6.07 Å². The van der Waals surface area contributed by atoms with Crippen LogP contribution in [0.5, 0.6) is 0 Å². The van der Waals surface area contributed by atoms with Crippen LogP contribution in [-0.2, 0) is 0 Å². The summed E-state index contributed by atoms with van der Waals surface area (Å²) in [7, 11) is 0. The summed E-state index contributed by atoms with van der Waals surface area (Å²) >= 11 is 9.43. The first kappa shape index (κ1) is 15.9. The third-order valence-electron chi connectivity index (χ3n) is 2.90. The van der Waals surface area contributed by atoms with Crippen LogP contribution in [0.4, 0.5) is 0 Å². The Bertz CT molecular complexity index is 376. The van der Waals surface area contributed by atoms with Crippen LogP contribution < -0.4 is 0 Å². The van der Waals surface area contributed by atoms with E-state index < -0.39 is 6.10 Å². The summed E-state index contributed by atoms with van der Waals surface area (Å²) < 4.78 is 0.902. The summed E-state index contributed by atoms with van der Waals surface area (Å²) in [5.74, 6) is 0. The van der Waals surface area contributed by atoms with Gasteiger partial charge in [-0.1, -0.05) is 40.5 Å². The lowest BCUT2D eigenvalue weighted by Crippen LogP contribution is -2.28. The first-order valence-electron chi connectivity index (χ1n) is 6.04. The Balaban J connectivity index is 2.56. The van der Waals surface area contributed by atoms with Crippen molar-refractivity contribution in [3.8, 4) is 0 Å². The fourth-order valence-corrected chi connectivity index (χ4v) is 2.60. The van der Waals surface area contributed by atoms with Gasteiger partial charge in [0.2, 0.25) is 0 Å². The molecule has 1 atom stereocenters. The molecular weight excluding hydrogens is 318 g/mol. The molecule has 1 rings (SSSR count). The number of aliphatic hydroxyl groups is 2. The van der Waals surface area contributed by atoms with Crippen molar-refractivity contribution in [3.05, 3.63) is 33.3 Å². The second-order valence-electron chi connectivity index (χ2n) is 4.13. The summed E-state index contributed by atoms with van der Waals surface area (Å²) in [6.07, 6.45) is 0.0354. The van der Waals surface area contributed by atoms with Gasteiger partial charge in [-0.25, -0.2) is 0 Å². The maximum absolute atomic E-state index is 10.1. The predicted molar refractivity (Wildman–Crippen MR) is 77.9 cm³/mol. The number of aliphatic hydroxyl groups excluding tert-OH is 2. The minimum Gasteiger partial charge on any atom is -0.395 e. The Morgan fingerprint density at radius 3 is 2.67 bits per heavy atom. The lowest BCUT2D eigenvalue weighted by molar-refractivity contribution is 0.133. The average molecular weight is 337 g/mol. The highest BCUT2D eigenvalue weighted by Gasteiger charge is 2.13. The zero-order valence-electron chi connectivity index (χ0n) is 10.4. The van der Waals surface area contributed by atoms with Crippen LogP contribution in [0.15, 0.2) is 22.7 Å². The number of benzene rings is 1. The predicted octanol–water partition coefficient (Wildman–Crippen LogP) is 2.84. The molecule has 0 aromatic heterocycles. The molecule has 0 amide bonds. The van der Waals surface area contributed by atoms with Gasteiger partial charge in [0.15, 0.2) is 0 Å². The molecule has 0 aliphatic rings. The van der Waals surface area contributed by atoms with E-state index in [1.165, 1.54) is 0 Å². The fourth-order valence-electron chi connectivity index (χ4n) is 1.80. The quantitative estimate of drug-likeness (QED) is 0.805.